The van der Waals surface area contributed by atoms with E-state index in [1.807, 2.05) is 30.3 Å². The van der Waals surface area contributed by atoms with Crippen molar-refractivity contribution in [3.05, 3.63) is 60.6 Å². The first-order chi connectivity index (χ1) is 10.7. The summed E-state index contributed by atoms with van der Waals surface area (Å²) in [5, 5.41) is 2.17. The van der Waals surface area contributed by atoms with Crippen molar-refractivity contribution in [3.63, 3.8) is 0 Å². The molecule has 0 radical (unpaired) electrons. The normalized spacial score (nSPS) is 9.86. The molecule has 2 rings (SSSR count). The number of rotatable bonds is 6. The monoisotopic (exact) mass is 303 g/mol. The third-order valence-corrected chi connectivity index (χ3v) is 2.49. The number of carbonyl (C=O) groups is 1. The average molecular weight is 303 g/mol. The molecule has 7 heteroatoms. The van der Waals surface area contributed by atoms with Crippen LogP contribution in [0.2, 0.25) is 0 Å². The van der Waals surface area contributed by atoms with E-state index in [-0.39, 0.29) is 25.0 Å². The van der Waals surface area contributed by atoms with E-state index in [1.165, 1.54) is 6.08 Å². The zero-order chi connectivity index (χ0) is 15.8. The van der Waals surface area contributed by atoms with Crippen LogP contribution in [0.3, 0.4) is 0 Å². The summed E-state index contributed by atoms with van der Waals surface area (Å²) < 4.78 is 23.6. The Kier molecular flexibility index (Phi) is 5.42. The van der Waals surface area contributed by atoms with E-state index in [1.54, 1.807) is 0 Å². The lowest BCUT2D eigenvalue weighted by Crippen LogP contribution is -2.16. The Hall–Kier alpha value is -2.96. The molecule has 0 bridgehead atoms. The molecule has 0 saturated heterocycles. The predicted molar refractivity (Wildman–Crippen MR) is 77.9 cm³/mol. The number of ether oxygens (including phenoxy) is 2. The molecule has 0 saturated carbocycles. The van der Waals surface area contributed by atoms with Gasteiger partial charge in [-0.1, -0.05) is 43.0 Å². The van der Waals surface area contributed by atoms with Gasteiger partial charge in [0.2, 0.25) is 0 Å². The highest BCUT2D eigenvalue weighted by Gasteiger charge is 2.12. The zero-order valence-electron chi connectivity index (χ0n) is 11.7. The second-order valence-corrected chi connectivity index (χ2v) is 4.14. The number of aromatic nitrogens is 2. The largest absolute Gasteiger partial charge is 0.459 e. The van der Waals surface area contributed by atoms with Gasteiger partial charge in [0.15, 0.2) is 11.6 Å². The van der Waals surface area contributed by atoms with E-state index in [0.717, 1.165) is 11.8 Å². The fourth-order valence-electron chi connectivity index (χ4n) is 1.50. The summed E-state index contributed by atoms with van der Waals surface area (Å²) in [4.78, 5) is 18.9. The summed E-state index contributed by atoms with van der Waals surface area (Å²) in [5.74, 6) is -1.10. The van der Waals surface area contributed by atoms with Gasteiger partial charge in [0.1, 0.15) is 13.2 Å². The fraction of sp³-hybridized carbons (Fsp3) is 0.133. The van der Waals surface area contributed by atoms with Crippen LogP contribution < -0.4 is 10.1 Å². The lowest BCUT2D eigenvalue weighted by Gasteiger charge is -2.08. The van der Waals surface area contributed by atoms with E-state index in [4.69, 9.17) is 4.74 Å². The molecule has 22 heavy (non-hydrogen) atoms. The van der Waals surface area contributed by atoms with Crippen molar-refractivity contribution in [3.8, 4) is 6.01 Å². The molecule has 1 N–H and O–H groups in total. The summed E-state index contributed by atoms with van der Waals surface area (Å²) in [6, 6.07) is 9.31. The first-order valence-corrected chi connectivity index (χ1v) is 6.43. The number of hydrogen-bond acceptors (Lipinski definition) is 5. The van der Waals surface area contributed by atoms with Gasteiger partial charge in [0, 0.05) is 0 Å². The maximum atomic E-state index is 13.5. The van der Waals surface area contributed by atoms with E-state index < -0.39 is 11.9 Å². The lowest BCUT2D eigenvalue weighted by atomic mass is 10.2. The van der Waals surface area contributed by atoms with Crippen LogP contribution >= 0.6 is 0 Å². The van der Waals surface area contributed by atoms with Crippen molar-refractivity contribution < 1.29 is 18.7 Å². The van der Waals surface area contributed by atoms with Crippen LogP contribution in [0.25, 0.3) is 0 Å². The molecule has 1 heterocycles. The van der Waals surface area contributed by atoms with Crippen LogP contribution in [-0.2, 0) is 11.3 Å². The molecule has 1 amide bonds. The number of benzene rings is 1. The number of halogens is 1. The highest BCUT2D eigenvalue weighted by atomic mass is 19.1. The molecule has 6 nitrogen and oxygen atoms in total. The zero-order valence-corrected chi connectivity index (χ0v) is 11.7. The Bertz CT molecular complexity index is 650. The highest BCUT2D eigenvalue weighted by molar-refractivity contribution is 5.83. The van der Waals surface area contributed by atoms with Gasteiger partial charge in [-0.25, -0.2) is 14.2 Å². The smallest absolute Gasteiger partial charge is 0.413 e. The Morgan fingerprint density at radius 1 is 1.36 bits per heavy atom. The van der Waals surface area contributed by atoms with Crippen LogP contribution in [0.5, 0.6) is 6.01 Å². The van der Waals surface area contributed by atoms with Gasteiger partial charge in [-0.3, -0.25) is 5.32 Å². The molecule has 0 aliphatic heterocycles. The fourth-order valence-corrected chi connectivity index (χ4v) is 1.50. The van der Waals surface area contributed by atoms with Crippen LogP contribution in [0, 0.1) is 5.82 Å². The number of nitrogens with one attached hydrogen (secondary N) is 1. The van der Waals surface area contributed by atoms with Crippen molar-refractivity contribution >= 4 is 11.9 Å². The SMILES string of the molecule is C=CCOC(=O)Nc1nc(OCc2ccccc2)ncc1F. The second kappa shape index (κ2) is 7.72. The third kappa shape index (κ3) is 4.55. The average Bonchev–Trinajstić information content (AvgIpc) is 2.54. The van der Waals surface area contributed by atoms with Gasteiger partial charge < -0.3 is 9.47 Å². The van der Waals surface area contributed by atoms with Gasteiger partial charge in [-0.15, -0.1) is 0 Å². The lowest BCUT2D eigenvalue weighted by molar-refractivity contribution is 0.174. The van der Waals surface area contributed by atoms with Crippen LogP contribution in [-0.4, -0.2) is 22.7 Å². The minimum atomic E-state index is -0.841. The number of anilines is 1. The Morgan fingerprint density at radius 3 is 2.86 bits per heavy atom. The Balaban J connectivity index is 2.00. The molecular weight excluding hydrogens is 289 g/mol. The minimum Gasteiger partial charge on any atom is -0.459 e. The van der Waals surface area contributed by atoms with Crippen LogP contribution in [0.1, 0.15) is 5.56 Å². The van der Waals surface area contributed by atoms with Gasteiger partial charge in [-0.05, 0) is 5.56 Å². The minimum absolute atomic E-state index is 0.00982. The second-order valence-electron chi connectivity index (χ2n) is 4.14. The predicted octanol–water partition coefficient (Wildman–Crippen LogP) is 2.93. The van der Waals surface area contributed by atoms with Gasteiger partial charge >= 0.3 is 12.1 Å². The van der Waals surface area contributed by atoms with Crippen molar-refractivity contribution in [1.29, 1.82) is 0 Å². The molecule has 1 aromatic carbocycles. The van der Waals surface area contributed by atoms with Crippen LogP contribution in [0.15, 0.2) is 49.2 Å². The first kappa shape index (κ1) is 15.4. The van der Waals surface area contributed by atoms with E-state index in [0.29, 0.717) is 0 Å². The quantitative estimate of drug-likeness (QED) is 0.831. The molecule has 0 unspecified atom stereocenters. The van der Waals surface area contributed by atoms with Gasteiger partial charge in [0.05, 0.1) is 6.20 Å². The molecule has 0 fully saturated rings. The molecule has 2 aromatic rings. The molecule has 0 aliphatic carbocycles. The molecular formula is C15H14FN3O3. The first-order valence-electron chi connectivity index (χ1n) is 6.43. The number of hydrogen-bond donors (Lipinski definition) is 1. The van der Waals surface area contributed by atoms with Gasteiger partial charge in [-0.2, -0.15) is 4.98 Å². The van der Waals surface area contributed by atoms with Crippen molar-refractivity contribution in [2.45, 2.75) is 6.61 Å². The third-order valence-electron chi connectivity index (χ3n) is 2.49. The highest BCUT2D eigenvalue weighted by Crippen LogP contribution is 2.14. The van der Waals surface area contributed by atoms with Crippen molar-refractivity contribution in [2.75, 3.05) is 11.9 Å². The summed E-state index contributed by atoms with van der Waals surface area (Å²) >= 11 is 0. The number of carbonyl (C=O) groups excluding carboxylic acids is 1. The maximum absolute atomic E-state index is 13.5. The topological polar surface area (TPSA) is 73.3 Å². The molecule has 1 aromatic heterocycles. The number of amides is 1. The summed E-state index contributed by atoms with van der Waals surface area (Å²) in [5.41, 5.74) is 0.912. The van der Waals surface area contributed by atoms with Crippen LogP contribution in [0.4, 0.5) is 15.0 Å². The Morgan fingerprint density at radius 2 is 2.14 bits per heavy atom. The maximum Gasteiger partial charge on any atom is 0.413 e. The van der Waals surface area contributed by atoms with E-state index in [2.05, 4.69) is 26.6 Å². The molecule has 0 atom stereocenters. The Labute approximate surface area is 126 Å². The molecule has 0 aliphatic rings. The van der Waals surface area contributed by atoms with E-state index in [9.17, 15) is 9.18 Å². The summed E-state index contributed by atoms with van der Waals surface area (Å²) in [7, 11) is 0. The number of nitrogens with zero attached hydrogens (tertiary/aromatic N) is 2. The van der Waals surface area contributed by atoms with Crippen molar-refractivity contribution in [2.24, 2.45) is 0 Å². The van der Waals surface area contributed by atoms with E-state index >= 15 is 0 Å². The summed E-state index contributed by atoms with van der Waals surface area (Å²) in [6.45, 7) is 3.64. The van der Waals surface area contributed by atoms with Crippen molar-refractivity contribution in [1.82, 2.24) is 9.97 Å². The summed E-state index contributed by atoms with van der Waals surface area (Å²) in [6.07, 6.45) is 1.47. The molecule has 114 valence electrons. The standard InChI is InChI=1S/C15H14FN3O3/c1-2-8-21-15(20)19-13-12(16)9-17-14(18-13)22-10-11-6-4-3-5-7-11/h2-7,9H,1,8,10H2,(H,17,18,19,20). The van der Waals surface area contributed by atoms with Gasteiger partial charge in [0.25, 0.3) is 0 Å². The molecule has 0 spiro atoms.